The van der Waals surface area contributed by atoms with Crippen molar-refractivity contribution < 1.29 is 14.3 Å². The largest absolute Gasteiger partial charge is 0.395 e. The number of rotatable bonds is 5. The number of aliphatic hydroxyl groups excluding tert-OH is 1. The number of hydrogen-bond acceptors (Lipinski definition) is 4. The Morgan fingerprint density at radius 1 is 1.16 bits per heavy atom. The molecule has 0 saturated heterocycles. The molecule has 0 radical (unpaired) electrons. The van der Waals surface area contributed by atoms with Crippen LogP contribution in [0.5, 0.6) is 0 Å². The van der Waals surface area contributed by atoms with Crippen LogP contribution < -0.4 is 5.32 Å². The average Bonchev–Trinajstić information content (AvgIpc) is 3.06. The first-order valence-corrected chi connectivity index (χ1v) is 8.26. The van der Waals surface area contributed by atoms with Crippen molar-refractivity contribution in [2.24, 2.45) is 0 Å². The fraction of sp³-hybridized carbons (Fsp3) is 0.118. The average molecular weight is 405 g/mol. The third kappa shape index (κ3) is 3.92. The normalized spacial score (nSPS) is 10.7. The van der Waals surface area contributed by atoms with Crippen molar-refractivity contribution in [1.82, 2.24) is 20.1 Å². The number of aromatic nitrogens is 3. The van der Waals surface area contributed by atoms with Crippen LogP contribution in [0.4, 0.5) is 4.39 Å². The number of hydrogen-bond donors (Lipinski definition) is 2. The van der Waals surface area contributed by atoms with Gasteiger partial charge in [0.25, 0.3) is 5.91 Å². The Morgan fingerprint density at radius 2 is 1.84 bits per heavy atom. The molecule has 6 nitrogen and oxygen atoms in total. The van der Waals surface area contributed by atoms with E-state index in [1.165, 1.54) is 16.8 Å². The number of carbonyl (C=O) groups is 1. The third-order valence-electron chi connectivity index (χ3n) is 3.38. The molecule has 0 saturated carbocycles. The van der Waals surface area contributed by atoms with E-state index in [-0.39, 0.29) is 24.8 Å². The van der Waals surface area contributed by atoms with E-state index in [4.69, 9.17) is 5.11 Å². The van der Waals surface area contributed by atoms with Crippen molar-refractivity contribution >= 4 is 21.8 Å². The third-order valence-corrected chi connectivity index (χ3v) is 3.91. The predicted octanol–water partition coefficient (Wildman–Crippen LogP) is 2.56. The van der Waals surface area contributed by atoms with Crippen LogP contribution in [0.2, 0.25) is 0 Å². The van der Waals surface area contributed by atoms with Crippen LogP contribution in [0.15, 0.2) is 53.0 Å². The van der Waals surface area contributed by atoms with E-state index in [1.807, 2.05) is 24.3 Å². The Kier molecular flexibility index (Phi) is 5.20. The quantitative estimate of drug-likeness (QED) is 0.684. The predicted molar refractivity (Wildman–Crippen MR) is 93.9 cm³/mol. The smallest absolute Gasteiger partial charge is 0.291 e. The van der Waals surface area contributed by atoms with Crippen molar-refractivity contribution in [2.75, 3.05) is 13.2 Å². The molecule has 8 heteroatoms. The Hall–Kier alpha value is -2.58. The van der Waals surface area contributed by atoms with Crippen LogP contribution in [-0.2, 0) is 0 Å². The Bertz CT molecular complexity index is 816. The van der Waals surface area contributed by atoms with Gasteiger partial charge in [-0.1, -0.05) is 15.9 Å². The van der Waals surface area contributed by atoms with Crippen LogP contribution in [0.3, 0.4) is 0 Å². The first-order valence-electron chi connectivity index (χ1n) is 7.46. The molecule has 2 aromatic carbocycles. The Labute approximate surface area is 151 Å². The maximum atomic E-state index is 13.2. The van der Waals surface area contributed by atoms with E-state index < -0.39 is 5.91 Å². The molecule has 0 fully saturated rings. The summed E-state index contributed by atoms with van der Waals surface area (Å²) in [6.07, 6.45) is 0. The fourth-order valence-electron chi connectivity index (χ4n) is 2.20. The highest BCUT2D eigenvalue weighted by Crippen LogP contribution is 2.22. The van der Waals surface area contributed by atoms with Gasteiger partial charge in [-0.05, 0) is 48.5 Å². The second kappa shape index (κ2) is 7.54. The maximum Gasteiger partial charge on any atom is 0.291 e. The molecule has 0 spiro atoms. The summed E-state index contributed by atoms with van der Waals surface area (Å²) in [5.74, 6) is -0.472. The lowest BCUT2D eigenvalue weighted by Crippen LogP contribution is -2.27. The zero-order chi connectivity index (χ0) is 17.8. The number of amides is 1. The van der Waals surface area contributed by atoms with E-state index in [9.17, 15) is 9.18 Å². The molecule has 3 aromatic rings. The van der Waals surface area contributed by atoms with Gasteiger partial charge in [0.1, 0.15) is 5.82 Å². The standard InChI is InChI=1S/C17H14BrFN4O2/c18-12-3-7-14(8-4-12)23-16(11-1-5-13(19)6-2-11)21-15(22-23)17(25)20-9-10-24/h1-8,24H,9-10H2,(H,20,25). The van der Waals surface area contributed by atoms with Crippen molar-refractivity contribution in [1.29, 1.82) is 0 Å². The molecule has 0 unspecified atom stereocenters. The topological polar surface area (TPSA) is 80.0 Å². The molecular formula is C17H14BrFN4O2. The number of nitrogens with one attached hydrogen (secondary N) is 1. The molecule has 0 atom stereocenters. The maximum absolute atomic E-state index is 13.2. The summed E-state index contributed by atoms with van der Waals surface area (Å²) in [7, 11) is 0. The summed E-state index contributed by atoms with van der Waals surface area (Å²) < 4.78 is 15.6. The number of aliphatic hydroxyl groups is 1. The highest BCUT2D eigenvalue weighted by molar-refractivity contribution is 9.10. The number of halogens is 2. The van der Waals surface area contributed by atoms with Crippen molar-refractivity contribution in [3.8, 4) is 17.1 Å². The summed E-state index contributed by atoms with van der Waals surface area (Å²) in [6.45, 7) is -0.0679. The van der Waals surface area contributed by atoms with Gasteiger partial charge in [0.05, 0.1) is 12.3 Å². The van der Waals surface area contributed by atoms with Crippen molar-refractivity contribution in [2.45, 2.75) is 0 Å². The molecule has 1 aromatic heterocycles. The molecule has 2 N–H and O–H groups in total. The molecule has 128 valence electrons. The van der Waals surface area contributed by atoms with Crippen LogP contribution in [-0.4, -0.2) is 38.9 Å². The first-order chi connectivity index (χ1) is 12.1. The van der Waals surface area contributed by atoms with E-state index in [1.54, 1.807) is 12.1 Å². The summed E-state index contributed by atoms with van der Waals surface area (Å²) in [4.78, 5) is 16.4. The van der Waals surface area contributed by atoms with Gasteiger partial charge in [0, 0.05) is 16.6 Å². The fourth-order valence-corrected chi connectivity index (χ4v) is 2.47. The minimum absolute atomic E-state index is 0.0318. The number of carbonyl (C=O) groups excluding carboxylic acids is 1. The van der Waals surface area contributed by atoms with Gasteiger partial charge in [0.15, 0.2) is 5.82 Å². The zero-order valence-corrected chi connectivity index (χ0v) is 14.6. The minimum Gasteiger partial charge on any atom is -0.395 e. The summed E-state index contributed by atoms with van der Waals surface area (Å²) >= 11 is 3.37. The summed E-state index contributed by atoms with van der Waals surface area (Å²) in [5, 5.41) is 15.6. The van der Waals surface area contributed by atoms with Gasteiger partial charge < -0.3 is 10.4 Å². The molecule has 1 heterocycles. The van der Waals surface area contributed by atoms with E-state index >= 15 is 0 Å². The molecule has 25 heavy (non-hydrogen) atoms. The first kappa shape index (κ1) is 17.2. The van der Waals surface area contributed by atoms with Gasteiger partial charge in [-0.25, -0.2) is 14.1 Å². The van der Waals surface area contributed by atoms with Crippen molar-refractivity contribution in [3.63, 3.8) is 0 Å². The van der Waals surface area contributed by atoms with Gasteiger partial charge in [0.2, 0.25) is 5.82 Å². The van der Waals surface area contributed by atoms with E-state index in [2.05, 4.69) is 31.3 Å². The minimum atomic E-state index is -0.492. The van der Waals surface area contributed by atoms with Crippen LogP contribution in [0.25, 0.3) is 17.1 Å². The lowest BCUT2D eigenvalue weighted by molar-refractivity contribution is 0.0934. The number of benzene rings is 2. The van der Waals surface area contributed by atoms with Gasteiger partial charge in [-0.15, -0.1) is 5.10 Å². The monoisotopic (exact) mass is 404 g/mol. The second-order valence-electron chi connectivity index (χ2n) is 5.13. The lowest BCUT2D eigenvalue weighted by Gasteiger charge is -2.06. The molecule has 1 amide bonds. The lowest BCUT2D eigenvalue weighted by atomic mass is 10.2. The number of nitrogens with zero attached hydrogens (tertiary/aromatic N) is 3. The SMILES string of the molecule is O=C(NCCO)c1nc(-c2ccc(F)cc2)n(-c2ccc(Br)cc2)n1. The molecule has 0 aliphatic carbocycles. The molecule has 0 bridgehead atoms. The highest BCUT2D eigenvalue weighted by Gasteiger charge is 2.18. The Morgan fingerprint density at radius 3 is 2.48 bits per heavy atom. The zero-order valence-electron chi connectivity index (χ0n) is 13.0. The molecule has 0 aliphatic rings. The van der Waals surface area contributed by atoms with E-state index in [0.29, 0.717) is 17.1 Å². The molecule has 0 aliphatic heterocycles. The summed E-state index contributed by atoms with van der Waals surface area (Å²) in [5.41, 5.74) is 1.33. The summed E-state index contributed by atoms with van der Waals surface area (Å²) in [6, 6.07) is 13.1. The Balaban J connectivity index is 2.07. The van der Waals surface area contributed by atoms with Gasteiger partial charge in [-0.2, -0.15) is 0 Å². The molecule has 3 rings (SSSR count). The van der Waals surface area contributed by atoms with Gasteiger partial charge in [-0.3, -0.25) is 4.79 Å². The molecular weight excluding hydrogens is 391 g/mol. The van der Waals surface area contributed by atoms with Crippen molar-refractivity contribution in [3.05, 3.63) is 64.6 Å². The second-order valence-corrected chi connectivity index (χ2v) is 6.05. The van der Waals surface area contributed by atoms with Crippen LogP contribution in [0, 0.1) is 5.82 Å². The van der Waals surface area contributed by atoms with Gasteiger partial charge >= 0.3 is 0 Å². The van der Waals surface area contributed by atoms with Crippen LogP contribution in [0.1, 0.15) is 10.6 Å². The van der Waals surface area contributed by atoms with Crippen LogP contribution >= 0.6 is 15.9 Å². The highest BCUT2D eigenvalue weighted by atomic mass is 79.9. The van der Waals surface area contributed by atoms with E-state index in [0.717, 1.165) is 4.47 Å².